The number of nitrogens with zero attached hydrogens (tertiary/aromatic N) is 3. The number of ether oxygens (including phenoxy) is 1. The first-order chi connectivity index (χ1) is 12.7. The van der Waals surface area contributed by atoms with Crippen LogP contribution >= 0.6 is 0 Å². The lowest BCUT2D eigenvalue weighted by molar-refractivity contribution is -0.0389. The summed E-state index contributed by atoms with van der Waals surface area (Å²) in [5, 5.41) is 0. The van der Waals surface area contributed by atoms with Crippen molar-refractivity contribution in [3.05, 3.63) is 60.4 Å². The normalized spacial score (nSPS) is 21.7. The lowest BCUT2D eigenvalue weighted by atomic mass is 9.87. The summed E-state index contributed by atoms with van der Waals surface area (Å²) >= 11 is 0. The van der Waals surface area contributed by atoms with Crippen molar-refractivity contribution in [3.8, 4) is 0 Å². The molecule has 1 amide bonds. The van der Waals surface area contributed by atoms with Gasteiger partial charge in [-0.3, -0.25) is 9.78 Å². The van der Waals surface area contributed by atoms with Crippen LogP contribution in [0, 0.1) is 0 Å². The number of hydrogen-bond acceptors (Lipinski definition) is 4. The van der Waals surface area contributed by atoms with E-state index < -0.39 is 0 Å². The van der Waals surface area contributed by atoms with Gasteiger partial charge in [-0.1, -0.05) is 24.3 Å². The van der Waals surface area contributed by atoms with Gasteiger partial charge in [0.25, 0.3) is 5.91 Å². The second kappa shape index (κ2) is 7.08. The van der Waals surface area contributed by atoms with Gasteiger partial charge >= 0.3 is 0 Å². The van der Waals surface area contributed by atoms with Crippen molar-refractivity contribution in [2.75, 3.05) is 31.6 Å². The second-order valence-corrected chi connectivity index (χ2v) is 7.31. The van der Waals surface area contributed by atoms with Gasteiger partial charge in [-0.2, -0.15) is 0 Å². The lowest BCUT2D eigenvalue weighted by Crippen LogP contribution is -2.47. The molecule has 2 aliphatic rings. The van der Waals surface area contributed by atoms with Crippen LogP contribution in [-0.4, -0.2) is 54.2 Å². The number of para-hydroxylation sites is 1. The van der Waals surface area contributed by atoms with Crippen LogP contribution in [0.5, 0.6) is 0 Å². The maximum atomic E-state index is 12.6. The Kier molecular flexibility index (Phi) is 4.64. The number of piperidine rings is 1. The van der Waals surface area contributed by atoms with Crippen molar-refractivity contribution in [2.24, 2.45) is 0 Å². The van der Waals surface area contributed by atoms with E-state index in [1.54, 1.807) is 12.3 Å². The van der Waals surface area contributed by atoms with Crippen molar-refractivity contribution in [1.29, 1.82) is 0 Å². The third kappa shape index (κ3) is 3.31. The topological polar surface area (TPSA) is 45.7 Å². The summed E-state index contributed by atoms with van der Waals surface area (Å²) in [6.07, 6.45) is 4.47. The molecule has 1 atom stereocenters. The van der Waals surface area contributed by atoms with Crippen molar-refractivity contribution in [3.63, 3.8) is 0 Å². The summed E-state index contributed by atoms with van der Waals surface area (Å²) in [6.45, 7) is 2.22. The van der Waals surface area contributed by atoms with Crippen LogP contribution in [-0.2, 0) is 4.74 Å². The minimum atomic E-state index is -0.0887. The molecule has 0 saturated carbocycles. The number of carbonyl (C=O) groups is 1. The number of likely N-dealkylation sites (N-methyl/N-ethyl adjacent to an activating group) is 1. The summed E-state index contributed by atoms with van der Waals surface area (Å²) in [4.78, 5) is 21.0. The SMILES string of the molecule is CN(c1ccccc1)C1COC2(CCN(C(=O)c3ccccn3)CC2)C1. The number of benzene rings is 1. The Hall–Kier alpha value is -2.40. The average molecular weight is 351 g/mol. The van der Waals surface area contributed by atoms with Crippen molar-refractivity contribution < 1.29 is 9.53 Å². The minimum Gasteiger partial charge on any atom is -0.373 e. The number of likely N-dealkylation sites (tertiary alicyclic amines) is 1. The average Bonchev–Trinajstić information content (AvgIpc) is 3.12. The molecule has 0 aliphatic carbocycles. The highest BCUT2D eigenvalue weighted by atomic mass is 16.5. The van der Waals surface area contributed by atoms with Crippen LogP contribution in [0.3, 0.4) is 0 Å². The molecular formula is C21H25N3O2. The molecule has 0 bridgehead atoms. The van der Waals surface area contributed by atoms with Gasteiger partial charge in [-0.25, -0.2) is 0 Å². The van der Waals surface area contributed by atoms with Crippen molar-refractivity contribution in [2.45, 2.75) is 30.9 Å². The predicted molar refractivity (Wildman–Crippen MR) is 101 cm³/mol. The van der Waals surface area contributed by atoms with E-state index in [0.717, 1.165) is 39.0 Å². The molecule has 136 valence electrons. The van der Waals surface area contributed by atoms with E-state index in [1.165, 1.54) is 5.69 Å². The predicted octanol–water partition coefficient (Wildman–Crippen LogP) is 2.98. The molecule has 2 aliphatic heterocycles. The maximum absolute atomic E-state index is 12.6. The third-order valence-electron chi connectivity index (χ3n) is 5.75. The van der Waals surface area contributed by atoms with E-state index in [-0.39, 0.29) is 11.5 Å². The molecule has 2 fully saturated rings. The lowest BCUT2D eigenvalue weighted by Gasteiger charge is -2.39. The van der Waals surface area contributed by atoms with Crippen molar-refractivity contribution >= 4 is 11.6 Å². The van der Waals surface area contributed by atoms with E-state index in [1.807, 2.05) is 23.1 Å². The van der Waals surface area contributed by atoms with Gasteiger partial charge in [0.05, 0.1) is 18.2 Å². The molecule has 1 aromatic carbocycles. The van der Waals surface area contributed by atoms with Crippen LogP contribution < -0.4 is 4.90 Å². The number of hydrogen-bond donors (Lipinski definition) is 0. The molecule has 1 aromatic heterocycles. The Bertz CT molecular complexity index is 742. The number of amides is 1. The number of carbonyl (C=O) groups excluding carboxylic acids is 1. The highest BCUT2D eigenvalue weighted by Crippen LogP contribution is 2.38. The number of pyridine rings is 1. The van der Waals surface area contributed by atoms with Gasteiger partial charge < -0.3 is 14.5 Å². The molecule has 1 spiro atoms. The second-order valence-electron chi connectivity index (χ2n) is 7.31. The zero-order valence-electron chi connectivity index (χ0n) is 15.2. The van der Waals surface area contributed by atoms with E-state index in [4.69, 9.17) is 4.74 Å². The van der Waals surface area contributed by atoms with Crippen molar-refractivity contribution in [1.82, 2.24) is 9.88 Å². The van der Waals surface area contributed by atoms with Gasteiger partial charge in [0.1, 0.15) is 5.69 Å². The Morgan fingerprint density at radius 3 is 2.58 bits per heavy atom. The molecule has 0 N–H and O–H groups in total. The molecule has 3 heterocycles. The van der Waals surface area contributed by atoms with Gasteiger partial charge in [-0.15, -0.1) is 0 Å². The molecule has 5 heteroatoms. The molecule has 2 saturated heterocycles. The molecule has 26 heavy (non-hydrogen) atoms. The van der Waals surface area contributed by atoms with Gasteiger partial charge in [0.2, 0.25) is 0 Å². The molecule has 1 unspecified atom stereocenters. The molecule has 0 radical (unpaired) electrons. The van der Waals surface area contributed by atoms with E-state index in [2.05, 4.69) is 41.2 Å². The fraction of sp³-hybridized carbons (Fsp3) is 0.429. The standard InChI is InChI=1S/C21H25N3O2/c1-23(17-7-3-2-4-8-17)18-15-21(26-16-18)10-13-24(14-11-21)20(25)19-9-5-6-12-22-19/h2-9,12,18H,10-11,13-16H2,1H3. The highest BCUT2D eigenvalue weighted by Gasteiger charge is 2.44. The zero-order chi connectivity index (χ0) is 18.0. The number of aromatic nitrogens is 1. The number of rotatable bonds is 3. The maximum Gasteiger partial charge on any atom is 0.272 e. The Morgan fingerprint density at radius 2 is 1.88 bits per heavy atom. The largest absolute Gasteiger partial charge is 0.373 e. The van der Waals surface area contributed by atoms with Gasteiger partial charge in [-0.05, 0) is 43.5 Å². The van der Waals surface area contributed by atoms with Crippen LogP contribution in [0.15, 0.2) is 54.7 Å². The summed E-state index contributed by atoms with van der Waals surface area (Å²) < 4.78 is 6.28. The molecule has 2 aromatic rings. The fourth-order valence-corrected chi connectivity index (χ4v) is 4.06. The molecule has 4 rings (SSSR count). The highest BCUT2D eigenvalue weighted by molar-refractivity contribution is 5.92. The van der Waals surface area contributed by atoms with Gasteiger partial charge in [0.15, 0.2) is 0 Å². The first kappa shape index (κ1) is 17.0. The minimum absolute atomic E-state index is 0.0244. The molecule has 5 nitrogen and oxygen atoms in total. The smallest absolute Gasteiger partial charge is 0.272 e. The van der Waals surface area contributed by atoms with E-state index in [0.29, 0.717) is 11.7 Å². The monoisotopic (exact) mass is 351 g/mol. The van der Waals surface area contributed by atoms with Crippen LogP contribution in [0.1, 0.15) is 29.8 Å². The summed E-state index contributed by atoms with van der Waals surface area (Å²) in [6, 6.07) is 16.3. The fourth-order valence-electron chi connectivity index (χ4n) is 4.06. The quantitative estimate of drug-likeness (QED) is 0.853. The first-order valence-corrected chi connectivity index (χ1v) is 9.29. The zero-order valence-corrected chi connectivity index (χ0v) is 15.2. The van der Waals surface area contributed by atoms with Crippen LogP contribution in [0.25, 0.3) is 0 Å². The third-order valence-corrected chi connectivity index (χ3v) is 5.75. The summed E-state index contributed by atoms with van der Waals surface area (Å²) in [5.74, 6) is 0.0244. The van der Waals surface area contributed by atoms with Crippen LogP contribution in [0.4, 0.5) is 5.69 Å². The van der Waals surface area contributed by atoms with E-state index in [9.17, 15) is 4.79 Å². The van der Waals surface area contributed by atoms with E-state index >= 15 is 0 Å². The Balaban J connectivity index is 1.37. The molecular weight excluding hydrogens is 326 g/mol. The summed E-state index contributed by atoms with van der Waals surface area (Å²) in [7, 11) is 2.14. The van der Waals surface area contributed by atoms with Gasteiger partial charge in [0, 0.05) is 32.0 Å². The number of anilines is 1. The first-order valence-electron chi connectivity index (χ1n) is 9.29. The summed E-state index contributed by atoms with van der Waals surface area (Å²) in [5.41, 5.74) is 1.66. The Labute approximate surface area is 154 Å². The Morgan fingerprint density at radius 1 is 1.15 bits per heavy atom. The van der Waals surface area contributed by atoms with Crippen LogP contribution in [0.2, 0.25) is 0 Å².